The number of carboxylic acids is 1. The average Bonchev–Trinajstić information content (AvgIpc) is 3.47. The first kappa shape index (κ1) is 43.2. The molecule has 3 atom stereocenters. The van der Waals surface area contributed by atoms with E-state index in [-0.39, 0.29) is 31.2 Å². The van der Waals surface area contributed by atoms with Gasteiger partial charge in [-0.15, -0.1) is 0 Å². The minimum absolute atomic E-state index is 0.0692. The minimum atomic E-state index is -2.85. The van der Waals surface area contributed by atoms with Gasteiger partial charge >= 0.3 is 12.1 Å². The number of fused-ring (bicyclic) bond motifs is 1. The summed E-state index contributed by atoms with van der Waals surface area (Å²) in [6.07, 6.45) is -1.27. The molecule has 12 nitrogen and oxygen atoms in total. The van der Waals surface area contributed by atoms with E-state index in [9.17, 15) is 33.4 Å². The second-order valence-electron chi connectivity index (χ2n) is 16.4. The molecule has 4 N–H and O–H groups in total. The van der Waals surface area contributed by atoms with Crippen molar-refractivity contribution < 1.29 is 42.9 Å². The number of amides is 2. The topological polar surface area (TPSA) is 155 Å². The molecule has 1 fully saturated rings. The molecule has 2 aromatic heterocycles. The number of alkyl halides is 2. The van der Waals surface area contributed by atoms with Gasteiger partial charge in [0.05, 0.1) is 17.5 Å². The summed E-state index contributed by atoms with van der Waals surface area (Å²) in [4.78, 5) is 43.4. The number of alkyl carbamates (subject to hydrolysis) is 1. The summed E-state index contributed by atoms with van der Waals surface area (Å²) in [5, 5.41) is 24.7. The average molecular weight is 792 g/mol. The van der Waals surface area contributed by atoms with E-state index in [1.54, 1.807) is 40.1 Å². The molecule has 1 saturated heterocycles. The van der Waals surface area contributed by atoms with Gasteiger partial charge in [-0.05, 0) is 112 Å². The first-order chi connectivity index (χ1) is 26.9. The van der Waals surface area contributed by atoms with Crippen molar-refractivity contribution >= 4 is 28.9 Å². The van der Waals surface area contributed by atoms with Gasteiger partial charge in [-0.3, -0.25) is 19.6 Å². The predicted molar refractivity (Wildman–Crippen MR) is 214 cm³/mol. The number of carboxylic acid groups (broad SMARTS) is 1. The van der Waals surface area contributed by atoms with Crippen molar-refractivity contribution in [2.24, 2.45) is 5.41 Å². The molecule has 0 spiro atoms. The smallest absolute Gasteiger partial charge is 0.408 e. The van der Waals surface area contributed by atoms with E-state index in [1.807, 2.05) is 51.1 Å². The Morgan fingerprint density at radius 3 is 2.44 bits per heavy atom. The molecule has 2 amide bonds. The zero-order valence-corrected chi connectivity index (χ0v) is 34.0. The van der Waals surface area contributed by atoms with Crippen LogP contribution in [-0.2, 0) is 38.4 Å². The number of rotatable bonds is 14. The number of aromatic nitrogens is 2. The SMILES string of the molecule is CCn1c(-c2cccnc2[C@H](C)OC)c(CC(C)(C)CO)c2cc(-c3cc(C[C@H](NC(=O)OC(C)(C)C)C(=O)N4CCC[C@@H](C(=O)O)N4)cc(C(F)F)c3)ccc21. The van der Waals surface area contributed by atoms with Gasteiger partial charge in [0.15, 0.2) is 0 Å². The van der Waals surface area contributed by atoms with Crippen LogP contribution in [0.2, 0.25) is 0 Å². The molecule has 14 heteroatoms. The molecule has 3 heterocycles. The number of pyridine rings is 1. The van der Waals surface area contributed by atoms with Gasteiger partial charge in [0.1, 0.15) is 17.7 Å². The highest BCUT2D eigenvalue weighted by molar-refractivity contribution is 5.95. The molecule has 57 heavy (non-hydrogen) atoms. The molecule has 4 aromatic rings. The number of nitrogens with one attached hydrogen (secondary N) is 2. The van der Waals surface area contributed by atoms with Crippen molar-refractivity contribution in [2.75, 3.05) is 20.3 Å². The molecule has 308 valence electrons. The highest BCUT2D eigenvalue weighted by atomic mass is 19.3. The molecule has 2 aromatic carbocycles. The van der Waals surface area contributed by atoms with Crippen molar-refractivity contribution in [3.05, 3.63) is 77.1 Å². The number of carbonyl (C=O) groups is 3. The minimum Gasteiger partial charge on any atom is -0.480 e. The predicted octanol–water partition coefficient (Wildman–Crippen LogP) is 7.61. The number of aliphatic hydroxyl groups is 1. The van der Waals surface area contributed by atoms with Crippen LogP contribution < -0.4 is 10.7 Å². The number of hydrogen-bond donors (Lipinski definition) is 4. The third kappa shape index (κ3) is 10.2. The Balaban J connectivity index is 1.64. The fourth-order valence-corrected chi connectivity index (χ4v) is 7.33. The molecule has 0 radical (unpaired) electrons. The van der Waals surface area contributed by atoms with E-state index in [4.69, 9.17) is 14.5 Å². The Hall–Kier alpha value is -4.92. The van der Waals surface area contributed by atoms with Crippen LogP contribution in [0.5, 0.6) is 0 Å². The summed E-state index contributed by atoms with van der Waals surface area (Å²) < 4.78 is 42.6. The Morgan fingerprint density at radius 1 is 1.07 bits per heavy atom. The molecule has 0 bridgehead atoms. The third-order valence-corrected chi connectivity index (χ3v) is 10.2. The number of ether oxygens (including phenoxy) is 2. The molecular weight excluding hydrogens is 736 g/mol. The summed E-state index contributed by atoms with van der Waals surface area (Å²) in [5.41, 5.74) is 7.02. The lowest BCUT2D eigenvalue weighted by atomic mass is 9.84. The number of aliphatic carboxylic acids is 1. The van der Waals surface area contributed by atoms with Crippen molar-refractivity contribution in [1.82, 2.24) is 25.3 Å². The highest BCUT2D eigenvalue weighted by Crippen LogP contribution is 2.42. The third-order valence-electron chi connectivity index (χ3n) is 10.2. The summed E-state index contributed by atoms with van der Waals surface area (Å²) in [7, 11) is 1.63. The van der Waals surface area contributed by atoms with Gasteiger partial charge in [0.25, 0.3) is 12.3 Å². The second-order valence-corrected chi connectivity index (χ2v) is 16.4. The van der Waals surface area contributed by atoms with Crippen LogP contribution in [-0.4, -0.2) is 80.7 Å². The molecule has 1 aliphatic heterocycles. The Bertz CT molecular complexity index is 2090. The van der Waals surface area contributed by atoms with Gasteiger partial charge in [-0.1, -0.05) is 32.0 Å². The molecular formula is C43H55F2N5O7. The highest BCUT2D eigenvalue weighted by Gasteiger charge is 2.34. The number of methoxy groups -OCH3 is 1. The van der Waals surface area contributed by atoms with Crippen molar-refractivity contribution in [3.63, 3.8) is 0 Å². The van der Waals surface area contributed by atoms with Crippen molar-refractivity contribution in [3.8, 4) is 22.4 Å². The fraction of sp³-hybridized carbons (Fsp3) is 0.488. The summed E-state index contributed by atoms with van der Waals surface area (Å²) in [6.45, 7) is 13.7. The van der Waals surface area contributed by atoms with Gasteiger partial charge < -0.3 is 29.6 Å². The van der Waals surface area contributed by atoms with E-state index in [0.717, 1.165) is 33.4 Å². The van der Waals surface area contributed by atoms with Crippen molar-refractivity contribution in [1.29, 1.82) is 0 Å². The van der Waals surface area contributed by atoms with Crippen LogP contribution in [0.3, 0.4) is 0 Å². The zero-order valence-electron chi connectivity index (χ0n) is 34.0. The first-order valence-corrected chi connectivity index (χ1v) is 19.3. The van der Waals surface area contributed by atoms with E-state index in [0.29, 0.717) is 42.5 Å². The van der Waals surface area contributed by atoms with Crippen LogP contribution in [0.4, 0.5) is 13.6 Å². The number of halogens is 2. The van der Waals surface area contributed by atoms with E-state index >= 15 is 0 Å². The summed E-state index contributed by atoms with van der Waals surface area (Å²) in [5.74, 6) is -1.75. The number of nitrogens with zero attached hydrogens (tertiary/aromatic N) is 3. The monoisotopic (exact) mass is 791 g/mol. The number of aryl methyl sites for hydroxylation is 1. The van der Waals surface area contributed by atoms with Crippen LogP contribution in [0.1, 0.15) is 96.2 Å². The number of hydrogen-bond acceptors (Lipinski definition) is 8. The lowest BCUT2D eigenvalue weighted by Crippen LogP contribution is -2.60. The molecule has 5 rings (SSSR count). The number of carbonyl (C=O) groups excluding carboxylic acids is 2. The Morgan fingerprint density at radius 2 is 1.81 bits per heavy atom. The van der Waals surface area contributed by atoms with Crippen LogP contribution in [0.15, 0.2) is 54.7 Å². The number of aliphatic hydroxyl groups excluding tert-OH is 1. The summed E-state index contributed by atoms with van der Waals surface area (Å²) in [6, 6.07) is 11.9. The van der Waals surface area contributed by atoms with E-state index in [1.165, 1.54) is 17.1 Å². The van der Waals surface area contributed by atoms with Crippen molar-refractivity contribution in [2.45, 2.75) is 111 Å². The van der Waals surface area contributed by atoms with Gasteiger partial charge in [-0.25, -0.2) is 19.0 Å². The van der Waals surface area contributed by atoms with Gasteiger partial charge in [0, 0.05) is 61.5 Å². The normalized spacial score (nSPS) is 16.1. The molecule has 0 aliphatic carbocycles. The van der Waals surface area contributed by atoms with Crippen LogP contribution in [0.25, 0.3) is 33.3 Å². The Kier molecular flexibility index (Phi) is 13.4. The maximum absolute atomic E-state index is 14.6. The molecule has 0 saturated carbocycles. The second kappa shape index (κ2) is 17.7. The number of benzene rings is 2. The largest absolute Gasteiger partial charge is 0.480 e. The maximum atomic E-state index is 14.6. The zero-order chi connectivity index (χ0) is 41.8. The van der Waals surface area contributed by atoms with Crippen LogP contribution >= 0.6 is 0 Å². The lowest BCUT2D eigenvalue weighted by molar-refractivity contribution is -0.147. The number of hydrazine groups is 1. The standard InChI is InChI=1S/C43H55F2N5O7/c1-9-49-35-15-14-27(22-31(35)32(23-43(6,7)24-51)37(49)30-12-10-16-46-36(30)25(2)56-8)28-18-26(19-29(21-28)38(44)45)20-34(47-41(55)57-42(3,4)5)39(52)50-17-11-13-33(48-50)40(53)54/h10,12,14-16,18-19,21-22,25,33-34,38,48,51H,9,11,13,17,20,23-24H2,1-8H3,(H,47,55)(H,53,54)/t25-,33-,34-/m0/s1. The van der Waals surface area contributed by atoms with E-state index in [2.05, 4.69) is 22.2 Å². The summed E-state index contributed by atoms with van der Waals surface area (Å²) >= 11 is 0. The molecule has 0 unspecified atom stereocenters. The first-order valence-electron chi connectivity index (χ1n) is 19.3. The van der Waals surface area contributed by atoms with Gasteiger partial charge in [0.2, 0.25) is 0 Å². The Labute approximate surface area is 332 Å². The van der Waals surface area contributed by atoms with Crippen LogP contribution in [0, 0.1) is 5.41 Å². The van der Waals surface area contributed by atoms with E-state index < -0.39 is 47.5 Å². The lowest BCUT2D eigenvalue weighted by Gasteiger charge is -2.34. The fourth-order valence-electron chi connectivity index (χ4n) is 7.33. The quantitative estimate of drug-likeness (QED) is 0.101. The maximum Gasteiger partial charge on any atom is 0.408 e. The molecule has 1 aliphatic rings. The van der Waals surface area contributed by atoms with Gasteiger partial charge in [-0.2, -0.15) is 0 Å².